The van der Waals surface area contributed by atoms with Crippen molar-refractivity contribution < 1.29 is 13.5 Å². The summed E-state index contributed by atoms with van der Waals surface area (Å²) in [4.78, 5) is 0. The van der Waals surface area contributed by atoms with Gasteiger partial charge in [-0.05, 0) is 12.8 Å². The maximum absolute atomic E-state index is 13.4. The first-order valence-corrected chi connectivity index (χ1v) is 7.15. The fourth-order valence-corrected chi connectivity index (χ4v) is 3.57. The molecule has 0 aromatic carbocycles. The molecule has 1 aromatic heterocycles. The minimum atomic E-state index is -2.58. The van der Waals surface area contributed by atoms with Crippen molar-refractivity contribution in [1.82, 2.24) is 9.78 Å². The van der Waals surface area contributed by atoms with Crippen molar-refractivity contribution in [2.24, 2.45) is 12.8 Å². The van der Waals surface area contributed by atoms with Crippen LogP contribution in [0.4, 0.5) is 8.78 Å². The molecule has 2 fully saturated rings. The van der Waals surface area contributed by atoms with E-state index >= 15 is 0 Å². The van der Waals surface area contributed by atoms with Crippen LogP contribution in [0.2, 0.25) is 0 Å². The van der Waals surface area contributed by atoms with Crippen molar-refractivity contribution in [2.75, 3.05) is 19.8 Å². The van der Waals surface area contributed by atoms with Gasteiger partial charge in [-0.3, -0.25) is 4.68 Å². The molecule has 0 atom stereocenters. The van der Waals surface area contributed by atoms with Crippen LogP contribution >= 0.6 is 0 Å². The fourth-order valence-electron chi connectivity index (χ4n) is 3.57. The van der Waals surface area contributed by atoms with Gasteiger partial charge in [0.1, 0.15) is 0 Å². The third-order valence-electron chi connectivity index (χ3n) is 4.62. The summed E-state index contributed by atoms with van der Waals surface area (Å²) in [5.74, 6) is -2.28. The van der Waals surface area contributed by atoms with Gasteiger partial charge in [0.05, 0.1) is 5.69 Å². The standard InChI is InChI=1S/C14H21F2N3O/c1-19-6-11(13(9-17)7-14(15,16)8-13)12(18-19)10-2-4-20-5-3-10/h6,10H,2-5,7-9,17H2,1H3. The van der Waals surface area contributed by atoms with Gasteiger partial charge in [-0.25, -0.2) is 8.78 Å². The molecule has 2 aliphatic rings. The van der Waals surface area contributed by atoms with Crippen LogP contribution in [0.5, 0.6) is 0 Å². The van der Waals surface area contributed by atoms with Crippen LogP contribution < -0.4 is 5.73 Å². The number of hydrogen-bond donors (Lipinski definition) is 1. The van der Waals surface area contributed by atoms with E-state index < -0.39 is 11.3 Å². The number of aromatic nitrogens is 2. The Morgan fingerprint density at radius 1 is 1.40 bits per heavy atom. The summed E-state index contributed by atoms with van der Waals surface area (Å²) >= 11 is 0. The highest BCUT2D eigenvalue weighted by molar-refractivity contribution is 5.35. The summed E-state index contributed by atoms with van der Waals surface area (Å²) in [6.07, 6.45) is 3.38. The molecule has 20 heavy (non-hydrogen) atoms. The Morgan fingerprint density at radius 3 is 2.60 bits per heavy atom. The second kappa shape index (κ2) is 4.77. The highest BCUT2D eigenvalue weighted by Gasteiger charge is 2.58. The highest BCUT2D eigenvalue weighted by Crippen LogP contribution is 2.54. The lowest BCUT2D eigenvalue weighted by molar-refractivity contribution is -0.124. The Morgan fingerprint density at radius 2 is 2.05 bits per heavy atom. The molecule has 0 amide bonds. The predicted molar refractivity (Wildman–Crippen MR) is 70.9 cm³/mol. The average molecular weight is 285 g/mol. The monoisotopic (exact) mass is 285 g/mol. The van der Waals surface area contributed by atoms with Gasteiger partial charge in [0, 0.05) is 62.7 Å². The minimum Gasteiger partial charge on any atom is -0.381 e. The molecule has 112 valence electrons. The summed E-state index contributed by atoms with van der Waals surface area (Å²) < 4.78 is 33.9. The molecule has 1 saturated heterocycles. The zero-order chi connectivity index (χ0) is 14.4. The van der Waals surface area contributed by atoms with Crippen molar-refractivity contribution in [3.8, 4) is 0 Å². The molecule has 0 radical (unpaired) electrons. The lowest BCUT2D eigenvalue weighted by Crippen LogP contribution is -2.54. The summed E-state index contributed by atoms with van der Waals surface area (Å²) in [7, 11) is 1.84. The van der Waals surface area contributed by atoms with Crippen LogP contribution in [-0.4, -0.2) is 35.5 Å². The van der Waals surface area contributed by atoms with E-state index in [0.717, 1.165) is 24.1 Å². The van der Waals surface area contributed by atoms with E-state index in [1.807, 2.05) is 13.2 Å². The lowest BCUT2D eigenvalue weighted by atomic mass is 9.61. The Balaban J connectivity index is 1.93. The first kappa shape index (κ1) is 13.9. The Bertz CT molecular complexity index is 487. The first-order valence-electron chi connectivity index (χ1n) is 7.15. The van der Waals surface area contributed by atoms with Crippen LogP contribution in [0.1, 0.15) is 42.9 Å². The minimum absolute atomic E-state index is 0.154. The van der Waals surface area contributed by atoms with Crippen LogP contribution in [0, 0.1) is 0 Å². The zero-order valence-corrected chi connectivity index (χ0v) is 11.7. The molecule has 0 unspecified atom stereocenters. The van der Waals surface area contributed by atoms with Crippen LogP contribution in [0.3, 0.4) is 0 Å². The summed E-state index contributed by atoms with van der Waals surface area (Å²) in [5.41, 5.74) is 7.13. The maximum atomic E-state index is 13.4. The van der Waals surface area contributed by atoms with Crippen molar-refractivity contribution in [3.63, 3.8) is 0 Å². The third-order valence-corrected chi connectivity index (χ3v) is 4.62. The molecule has 0 spiro atoms. The first-order chi connectivity index (χ1) is 9.46. The molecule has 0 bridgehead atoms. The molecule has 2 N–H and O–H groups in total. The van der Waals surface area contributed by atoms with Gasteiger partial charge in [0.15, 0.2) is 0 Å². The van der Waals surface area contributed by atoms with Crippen LogP contribution in [0.25, 0.3) is 0 Å². The summed E-state index contributed by atoms with van der Waals surface area (Å²) in [6.45, 7) is 1.68. The number of rotatable bonds is 3. The summed E-state index contributed by atoms with van der Waals surface area (Å²) in [6, 6.07) is 0. The number of aryl methyl sites for hydroxylation is 1. The second-order valence-corrected chi connectivity index (χ2v) is 6.18. The van der Waals surface area contributed by atoms with Gasteiger partial charge in [0.2, 0.25) is 5.92 Å². The SMILES string of the molecule is Cn1cc(C2(CN)CC(F)(F)C2)c(C2CCOCC2)n1. The molecule has 1 aromatic rings. The van der Waals surface area contributed by atoms with Gasteiger partial charge >= 0.3 is 0 Å². The average Bonchev–Trinajstić information content (AvgIpc) is 2.79. The number of hydrogen-bond acceptors (Lipinski definition) is 3. The van der Waals surface area contributed by atoms with E-state index in [1.165, 1.54) is 0 Å². The molecular weight excluding hydrogens is 264 g/mol. The second-order valence-electron chi connectivity index (χ2n) is 6.18. The molecule has 6 heteroatoms. The van der Waals surface area contributed by atoms with Gasteiger partial charge in [-0.1, -0.05) is 0 Å². The van der Waals surface area contributed by atoms with E-state index in [1.54, 1.807) is 4.68 Å². The number of nitrogens with zero attached hydrogens (tertiary/aromatic N) is 2. The van der Waals surface area contributed by atoms with Crippen molar-refractivity contribution >= 4 is 0 Å². The van der Waals surface area contributed by atoms with E-state index in [2.05, 4.69) is 5.10 Å². The Hall–Kier alpha value is -1.01. The Kier molecular flexibility index (Phi) is 3.33. The summed E-state index contributed by atoms with van der Waals surface area (Å²) in [5, 5.41) is 4.54. The van der Waals surface area contributed by atoms with Crippen molar-refractivity contribution in [1.29, 1.82) is 0 Å². The van der Waals surface area contributed by atoms with E-state index in [-0.39, 0.29) is 19.4 Å². The maximum Gasteiger partial charge on any atom is 0.250 e. The third kappa shape index (κ3) is 2.24. The smallest absolute Gasteiger partial charge is 0.250 e. The lowest BCUT2D eigenvalue weighted by Gasteiger charge is -2.47. The molecule has 3 rings (SSSR count). The van der Waals surface area contributed by atoms with E-state index in [4.69, 9.17) is 10.5 Å². The van der Waals surface area contributed by atoms with E-state index in [9.17, 15) is 8.78 Å². The number of alkyl halides is 2. The number of ether oxygens (including phenoxy) is 1. The molecule has 2 heterocycles. The predicted octanol–water partition coefficient (Wildman–Crippen LogP) is 1.94. The van der Waals surface area contributed by atoms with Gasteiger partial charge in [-0.15, -0.1) is 0 Å². The Labute approximate surface area is 117 Å². The van der Waals surface area contributed by atoms with Crippen molar-refractivity contribution in [3.05, 3.63) is 17.5 Å². The van der Waals surface area contributed by atoms with Crippen LogP contribution in [-0.2, 0) is 17.2 Å². The topological polar surface area (TPSA) is 53.1 Å². The normalized spacial score (nSPS) is 25.4. The van der Waals surface area contributed by atoms with Gasteiger partial charge in [-0.2, -0.15) is 5.10 Å². The number of nitrogens with two attached hydrogens (primary N) is 1. The van der Waals surface area contributed by atoms with E-state index in [0.29, 0.717) is 19.1 Å². The zero-order valence-electron chi connectivity index (χ0n) is 11.7. The van der Waals surface area contributed by atoms with Gasteiger partial charge < -0.3 is 10.5 Å². The van der Waals surface area contributed by atoms with Gasteiger partial charge in [0.25, 0.3) is 0 Å². The quantitative estimate of drug-likeness (QED) is 0.923. The molecule has 1 saturated carbocycles. The van der Waals surface area contributed by atoms with Crippen molar-refractivity contribution in [2.45, 2.75) is 42.9 Å². The molecule has 1 aliphatic carbocycles. The fraction of sp³-hybridized carbons (Fsp3) is 0.786. The molecular formula is C14H21F2N3O. The highest BCUT2D eigenvalue weighted by atomic mass is 19.3. The molecule has 4 nitrogen and oxygen atoms in total. The number of halogens is 2. The molecule has 1 aliphatic heterocycles. The largest absolute Gasteiger partial charge is 0.381 e. The van der Waals surface area contributed by atoms with Crippen LogP contribution in [0.15, 0.2) is 6.20 Å².